The molecule has 1 unspecified atom stereocenters. The molecular weight excluding hydrogens is 757 g/mol. The third-order valence-electron chi connectivity index (χ3n) is 10.8. The van der Waals surface area contributed by atoms with Gasteiger partial charge in [-0.2, -0.15) is 26.3 Å². The van der Waals surface area contributed by atoms with Crippen molar-refractivity contribution in [3.8, 4) is 22.3 Å². The Labute approximate surface area is 336 Å². The van der Waals surface area contributed by atoms with E-state index in [1.54, 1.807) is 12.2 Å². The van der Waals surface area contributed by atoms with Crippen molar-refractivity contribution in [3.05, 3.63) is 199 Å². The van der Waals surface area contributed by atoms with E-state index in [2.05, 4.69) is 41.4 Å². The monoisotopic (exact) mass is 791 g/mol. The number of anilines is 5. The van der Waals surface area contributed by atoms with Crippen LogP contribution in [0.1, 0.15) is 12.0 Å². The van der Waals surface area contributed by atoms with Gasteiger partial charge in [-0.3, -0.25) is 0 Å². The molecule has 8 aromatic rings. The van der Waals surface area contributed by atoms with Crippen LogP contribution in [0.5, 0.6) is 0 Å². The predicted octanol–water partition coefficient (Wildman–Crippen LogP) is 15.3. The lowest BCUT2D eigenvalue weighted by molar-refractivity contribution is -0.160. The van der Waals surface area contributed by atoms with Crippen LogP contribution in [0.2, 0.25) is 0 Å². The Morgan fingerprint density at radius 3 is 1.32 bits per heavy atom. The number of allylic oxidation sites excluding steroid dienone is 3. The van der Waals surface area contributed by atoms with Gasteiger partial charge in [0.1, 0.15) is 0 Å². The average molecular weight is 792 g/mol. The van der Waals surface area contributed by atoms with E-state index >= 15 is 0 Å². The standard InChI is InChI=1S/C50H35F6N3/c51-49(52,53)37-17-25-43(26-18-37)58(39-7-3-1-4-8-39)41-21-11-33(12-22-41)35-15-29-47-45(31-35)46-32-36(16-30-48(46)57-47)34-13-23-42(24-14-34)59(40-9-5-2-6-10-40)44-27-19-38(20-28-44)50(54,55)56/h1-19,21-32,38,57H,20H2. The van der Waals surface area contributed by atoms with Crippen molar-refractivity contribution < 1.29 is 26.3 Å². The number of nitrogens with zero attached hydrogens (tertiary/aromatic N) is 2. The molecule has 0 amide bonds. The van der Waals surface area contributed by atoms with Gasteiger partial charge in [0.05, 0.1) is 11.5 Å². The molecule has 1 aromatic heterocycles. The van der Waals surface area contributed by atoms with Gasteiger partial charge in [-0.15, -0.1) is 0 Å². The van der Waals surface area contributed by atoms with Crippen LogP contribution >= 0.6 is 0 Å². The SMILES string of the molecule is FC(F)(F)c1ccc(N(c2ccccc2)c2ccc(-c3ccc4[nH]c5ccc(-c6ccc(N(C7=CCC(C(F)(F)F)C=C7)c7ccccc7)cc6)cc5c4c3)cc2)cc1. The lowest BCUT2D eigenvalue weighted by Gasteiger charge is -2.29. The molecule has 1 aliphatic rings. The lowest BCUT2D eigenvalue weighted by atomic mass is 9.97. The fourth-order valence-electron chi connectivity index (χ4n) is 7.73. The largest absolute Gasteiger partial charge is 0.416 e. The number of alkyl halides is 6. The molecule has 0 aliphatic heterocycles. The van der Waals surface area contributed by atoms with E-state index < -0.39 is 23.8 Å². The zero-order chi connectivity index (χ0) is 40.7. The third kappa shape index (κ3) is 7.59. The van der Waals surface area contributed by atoms with Gasteiger partial charge in [0, 0.05) is 55.9 Å². The molecule has 0 radical (unpaired) electrons. The Bertz CT molecular complexity index is 2800. The topological polar surface area (TPSA) is 22.3 Å². The van der Waals surface area contributed by atoms with Crippen molar-refractivity contribution in [1.82, 2.24) is 4.98 Å². The fraction of sp³-hybridized carbons (Fsp3) is 0.0800. The van der Waals surface area contributed by atoms with E-state index in [0.717, 1.165) is 78.9 Å². The van der Waals surface area contributed by atoms with Crippen LogP contribution in [-0.2, 0) is 6.18 Å². The summed E-state index contributed by atoms with van der Waals surface area (Å²) >= 11 is 0. The highest BCUT2D eigenvalue weighted by Gasteiger charge is 2.38. The van der Waals surface area contributed by atoms with E-state index in [1.807, 2.05) is 119 Å². The summed E-state index contributed by atoms with van der Waals surface area (Å²) in [4.78, 5) is 7.43. The van der Waals surface area contributed by atoms with Gasteiger partial charge < -0.3 is 14.8 Å². The minimum Gasteiger partial charge on any atom is -0.355 e. The molecule has 0 saturated carbocycles. The Balaban J connectivity index is 1.01. The average Bonchev–Trinajstić information content (AvgIpc) is 3.62. The molecule has 1 aliphatic carbocycles. The fourth-order valence-corrected chi connectivity index (χ4v) is 7.73. The zero-order valence-corrected chi connectivity index (χ0v) is 31.3. The summed E-state index contributed by atoms with van der Waals surface area (Å²) in [5.41, 5.74) is 9.87. The number of nitrogens with one attached hydrogen (secondary N) is 1. The van der Waals surface area contributed by atoms with E-state index in [0.29, 0.717) is 11.4 Å². The second-order valence-corrected chi connectivity index (χ2v) is 14.5. The van der Waals surface area contributed by atoms with Crippen molar-refractivity contribution >= 4 is 50.2 Å². The first-order valence-corrected chi connectivity index (χ1v) is 19.1. The van der Waals surface area contributed by atoms with Crippen LogP contribution in [0.3, 0.4) is 0 Å². The van der Waals surface area contributed by atoms with Crippen molar-refractivity contribution in [2.24, 2.45) is 5.92 Å². The van der Waals surface area contributed by atoms with Crippen molar-refractivity contribution in [1.29, 1.82) is 0 Å². The van der Waals surface area contributed by atoms with Gasteiger partial charge in [-0.05, 0) is 132 Å². The number of fused-ring (bicyclic) bond motifs is 3. The van der Waals surface area contributed by atoms with Gasteiger partial charge >= 0.3 is 12.4 Å². The molecule has 1 N–H and O–H groups in total. The third-order valence-corrected chi connectivity index (χ3v) is 10.8. The van der Waals surface area contributed by atoms with Crippen LogP contribution in [0.15, 0.2) is 194 Å². The highest BCUT2D eigenvalue weighted by atomic mass is 19.4. The number of para-hydroxylation sites is 2. The van der Waals surface area contributed by atoms with Crippen molar-refractivity contribution in [2.75, 3.05) is 9.80 Å². The molecule has 9 heteroatoms. The van der Waals surface area contributed by atoms with Gasteiger partial charge in [0.25, 0.3) is 0 Å². The molecule has 0 fully saturated rings. The number of hydrogen-bond acceptors (Lipinski definition) is 2. The predicted molar refractivity (Wildman–Crippen MR) is 226 cm³/mol. The molecule has 0 bridgehead atoms. The molecular formula is C50H35F6N3. The van der Waals surface area contributed by atoms with Crippen LogP contribution in [0.4, 0.5) is 54.8 Å². The molecule has 59 heavy (non-hydrogen) atoms. The van der Waals surface area contributed by atoms with E-state index in [1.165, 1.54) is 18.2 Å². The molecule has 0 saturated heterocycles. The molecule has 1 heterocycles. The second-order valence-electron chi connectivity index (χ2n) is 14.5. The summed E-state index contributed by atoms with van der Waals surface area (Å²) in [6.45, 7) is 0. The van der Waals surface area contributed by atoms with Gasteiger partial charge in [-0.1, -0.05) is 84.9 Å². The Morgan fingerprint density at radius 2 is 0.881 bits per heavy atom. The molecule has 292 valence electrons. The summed E-state index contributed by atoms with van der Waals surface area (Å²) in [6, 6.07) is 52.9. The normalized spacial score (nSPS) is 14.4. The summed E-state index contributed by atoms with van der Waals surface area (Å²) in [7, 11) is 0. The zero-order valence-electron chi connectivity index (χ0n) is 31.3. The number of benzene rings is 7. The second kappa shape index (κ2) is 15.1. The van der Waals surface area contributed by atoms with Crippen molar-refractivity contribution in [3.63, 3.8) is 0 Å². The molecule has 3 nitrogen and oxygen atoms in total. The first kappa shape index (κ1) is 37.6. The smallest absolute Gasteiger partial charge is 0.355 e. The van der Waals surface area contributed by atoms with Crippen LogP contribution in [-0.4, -0.2) is 11.2 Å². The minimum absolute atomic E-state index is 0.118. The Kier molecular flexibility index (Phi) is 9.59. The van der Waals surface area contributed by atoms with Gasteiger partial charge in [0.15, 0.2) is 0 Å². The van der Waals surface area contributed by atoms with Gasteiger partial charge in [-0.25, -0.2) is 0 Å². The number of H-pyrrole nitrogens is 1. The van der Waals surface area contributed by atoms with E-state index in [9.17, 15) is 26.3 Å². The maximum Gasteiger partial charge on any atom is 0.416 e. The van der Waals surface area contributed by atoms with Crippen LogP contribution < -0.4 is 9.80 Å². The Morgan fingerprint density at radius 1 is 0.458 bits per heavy atom. The first-order chi connectivity index (χ1) is 28.5. The summed E-state index contributed by atoms with van der Waals surface area (Å²) in [5.74, 6) is -1.50. The number of halogens is 6. The number of aromatic nitrogens is 1. The van der Waals surface area contributed by atoms with E-state index in [-0.39, 0.29) is 6.42 Å². The number of aromatic amines is 1. The number of hydrogen-bond donors (Lipinski definition) is 1. The highest BCUT2D eigenvalue weighted by molar-refractivity contribution is 6.09. The molecule has 1 atom stereocenters. The van der Waals surface area contributed by atoms with Crippen LogP contribution in [0, 0.1) is 5.92 Å². The quantitative estimate of drug-likeness (QED) is 0.155. The van der Waals surface area contributed by atoms with Crippen LogP contribution in [0.25, 0.3) is 44.1 Å². The first-order valence-electron chi connectivity index (χ1n) is 19.1. The Hall–Kier alpha value is -7.00. The number of rotatable bonds is 8. The minimum atomic E-state index is -4.42. The molecule has 7 aromatic carbocycles. The maximum atomic E-state index is 13.4. The highest BCUT2D eigenvalue weighted by Crippen LogP contribution is 2.41. The summed E-state index contributed by atoms with van der Waals surface area (Å²) in [6.07, 6.45) is -4.39. The lowest BCUT2D eigenvalue weighted by Crippen LogP contribution is -2.24. The van der Waals surface area contributed by atoms with Gasteiger partial charge in [0.2, 0.25) is 0 Å². The van der Waals surface area contributed by atoms with E-state index in [4.69, 9.17) is 0 Å². The summed E-state index contributed by atoms with van der Waals surface area (Å²) < 4.78 is 80.4. The summed E-state index contributed by atoms with van der Waals surface area (Å²) in [5, 5.41) is 2.11. The van der Waals surface area contributed by atoms with Crippen molar-refractivity contribution in [2.45, 2.75) is 18.8 Å². The molecule has 9 rings (SSSR count). The molecule has 0 spiro atoms. The maximum absolute atomic E-state index is 13.4.